The predicted molar refractivity (Wildman–Crippen MR) is 77.5 cm³/mol. The lowest BCUT2D eigenvalue weighted by atomic mass is 9.99. The topological polar surface area (TPSA) is 17.1 Å². The summed E-state index contributed by atoms with van der Waals surface area (Å²) in [6.07, 6.45) is 1.44. The Morgan fingerprint density at radius 2 is 1.89 bits per heavy atom. The van der Waals surface area contributed by atoms with E-state index in [4.69, 9.17) is 0 Å². The maximum absolute atomic E-state index is 12.0. The fraction of sp³-hybridized carbons (Fsp3) is 0.312. The molecule has 0 atom stereocenters. The van der Waals surface area contributed by atoms with Gasteiger partial charge in [0.2, 0.25) is 0 Å². The molecule has 0 saturated carbocycles. The summed E-state index contributed by atoms with van der Waals surface area (Å²) in [6.45, 7) is 4.32. The average Bonchev–Trinajstić information content (AvgIpc) is 2.89. The van der Waals surface area contributed by atoms with Gasteiger partial charge in [0.25, 0.3) is 0 Å². The molecule has 0 aliphatic carbocycles. The lowest BCUT2D eigenvalue weighted by molar-refractivity contribution is 0.0983. The van der Waals surface area contributed by atoms with Crippen LogP contribution < -0.4 is 0 Å². The zero-order valence-electron chi connectivity index (χ0n) is 10.8. The van der Waals surface area contributed by atoms with Gasteiger partial charge in [-0.3, -0.25) is 4.79 Å². The third-order valence-corrected chi connectivity index (χ3v) is 3.85. The van der Waals surface area contributed by atoms with E-state index in [0.29, 0.717) is 12.3 Å². The highest BCUT2D eigenvalue weighted by Gasteiger charge is 2.07. The van der Waals surface area contributed by atoms with Gasteiger partial charge in [-0.1, -0.05) is 38.1 Å². The smallest absolute Gasteiger partial charge is 0.163 e. The molecular weight excluding hydrogens is 240 g/mol. The molecule has 0 spiro atoms. The summed E-state index contributed by atoms with van der Waals surface area (Å²) in [4.78, 5) is 12.0. The van der Waals surface area contributed by atoms with E-state index in [1.807, 2.05) is 12.1 Å². The first-order valence-electron chi connectivity index (χ1n) is 6.31. The SMILES string of the molecule is CC(C)c1ccc(C(=O)CCc2ccsc2)cc1. The van der Waals surface area contributed by atoms with E-state index in [1.54, 1.807) is 11.3 Å². The van der Waals surface area contributed by atoms with Crippen molar-refractivity contribution < 1.29 is 4.79 Å². The standard InChI is InChI=1S/C16H18OS/c1-12(2)14-4-6-15(7-5-14)16(17)8-3-13-9-10-18-11-13/h4-7,9-12H,3,8H2,1-2H3. The fourth-order valence-corrected chi connectivity index (χ4v) is 2.59. The molecule has 1 aromatic carbocycles. The molecule has 0 radical (unpaired) electrons. The minimum absolute atomic E-state index is 0.233. The first-order chi connectivity index (χ1) is 8.66. The van der Waals surface area contributed by atoms with Gasteiger partial charge in [-0.2, -0.15) is 11.3 Å². The Balaban J connectivity index is 1.96. The number of hydrogen-bond acceptors (Lipinski definition) is 2. The molecule has 0 aliphatic heterocycles. The molecule has 1 heterocycles. The molecule has 2 heteroatoms. The van der Waals surface area contributed by atoms with Crippen molar-refractivity contribution in [3.8, 4) is 0 Å². The van der Waals surface area contributed by atoms with E-state index in [0.717, 1.165) is 12.0 Å². The highest BCUT2D eigenvalue weighted by atomic mass is 32.1. The fourth-order valence-electron chi connectivity index (χ4n) is 1.89. The van der Waals surface area contributed by atoms with Crippen LogP contribution in [0.4, 0.5) is 0 Å². The van der Waals surface area contributed by atoms with E-state index >= 15 is 0 Å². The number of thiophene rings is 1. The van der Waals surface area contributed by atoms with Crippen molar-refractivity contribution in [2.45, 2.75) is 32.6 Å². The van der Waals surface area contributed by atoms with Crippen molar-refractivity contribution in [1.82, 2.24) is 0 Å². The summed E-state index contributed by atoms with van der Waals surface area (Å²) in [7, 11) is 0. The van der Waals surface area contributed by atoms with Crippen molar-refractivity contribution in [2.75, 3.05) is 0 Å². The normalized spacial score (nSPS) is 10.8. The Labute approximate surface area is 112 Å². The van der Waals surface area contributed by atoms with E-state index in [1.165, 1.54) is 11.1 Å². The number of carbonyl (C=O) groups excluding carboxylic acids is 1. The number of carbonyl (C=O) groups is 1. The summed E-state index contributed by atoms with van der Waals surface area (Å²) < 4.78 is 0. The quantitative estimate of drug-likeness (QED) is 0.711. The van der Waals surface area contributed by atoms with E-state index in [9.17, 15) is 4.79 Å². The van der Waals surface area contributed by atoms with Crippen LogP contribution in [0.2, 0.25) is 0 Å². The average molecular weight is 258 g/mol. The van der Waals surface area contributed by atoms with Gasteiger partial charge in [0, 0.05) is 12.0 Å². The summed E-state index contributed by atoms with van der Waals surface area (Å²) in [6, 6.07) is 10.1. The predicted octanol–water partition coefficient (Wildman–Crippen LogP) is 4.69. The van der Waals surface area contributed by atoms with Crippen molar-refractivity contribution in [3.05, 3.63) is 57.8 Å². The van der Waals surface area contributed by atoms with E-state index in [-0.39, 0.29) is 5.78 Å². The summed E-state index contributed by atoms with van der Waals surface area (Å²) in [5, 5.41) is 4.16. The van der Waals surface area contributed by atoms with Gasteiger partial charge in [0.05, 0.1) is 0 Å². The minimum Gasteiger partial charge on any atom is -0.294 e. The Bertz CT molecular complexity index is 494. The molecule has 0 aliphatic rings. The van der Waals surface area contributed by atoms with Crippen LogP contribution in [0.25, 0.3) is 0 Å². The summed E-state index contributed by atoms with van der Waals surface area (Å²) in [5.41, 5.74) is 3.37. The number of aryl methyl sites for hydroxylation is 1. The van der Waals surface area contributed by atoms with Crippen LogP contribution in [0.1, 0.15) is 47.7 Å². The van der Waals surface area contributed by atoms with Gasteiger partial charge < -0.3 is 0 Å². The van der Waals surface area contributed by atoms with Gasteiger partial charge in [-0.15, -0.1) is 0 Å². The van der Waals surface area contributed by atoms with Gasteiger partial charge >= 0.3 is 0 Å². The van der Waals surface area contributed by atoms with E-state index in [2.05, 4.69) is 42.8 Å². The largest absolute Gasteiger partial charge is 0.294 e. The van der Waals surface area contributed by atoms with Crippen molar-refractivity contribution in [3.63, 3.8) is 0 Å². The molecule has 0 amide bonds. The van der Waals surface area contributed by atoms with Crippen molar-refractivity contribution in [2.24, 2.45) is 0 Å². The first kappa shape index (κ1) is 13.0. The molecular formula is C16H18OS. The van der Waals surface area contributed by atoms with Crippen LogP contribution in [0, 0.1) is 0 Å². The Hall–Kier alpha value is -1.41. The lowest BCUT2D eigenvalue weighted by Crippen LogP contribution is -2.01. The molecule has 0 fully saturated rings. The molecule has 94 valence electrons. The molecule has 18 heavy (non-hydrogen) atoms. The van der Waals surface area contributed by atoms with Crippen molar-refractivity contribution >= 4 is 17.1 Å². The first-order valence-corrected chi connectivity index (χ1v) is 7.25. The Morgan fingerprint density at radius 3 is 2.44 bits per heavy atom. The molecule has 2 rings (SSSR count). The maximum atomic E-state index is 12.0. The molecule has 0 saturated heterocycles. The molecule has 0 N–H and O–H groups in total. The Kier molecular flexibility index (Phi) is 4.32. The number of Topliss-reactive ketones (excluding diaryl/α,β-unsaturated/α-hetero) is 1. The number of rotatable bonds is 5. The molecule has 1 aromatic heterocycles. The van der Waals surface area contributed by atoms with Crippen LogP contribution in [0.5, 0.6) is 0 Å². The second kappa shape index (κ2) is 5.96. The number of benzene rings is 1. The molecule has 0 unspecified atom stereocenters. The van der Waals surface area contributed by atoms with Gasteiger partial charge in [0.1, 0.15) is 0 Å². The van der Waals surface area contributed by atoms with Crippen molar-refractivity contribution in [1.29, 1.82) is 0 Å². The number of ketones is 1. The Morgan fingerprint density at radius 1 is 1.17 bits per heavy atom. The lowest BCUT2D eigenvalue weighted by Gasteiger charge is -2.06. The van der Waals surface area contributed by atoms with Crippen LogP contribution in [0.15, 0.2) is 41.1 Å². The third-order valence-electron chi connectivity index (χ3n) is 3.12. The monoisotopic (exact) mass is 258 g/mol. The third kappa shape index (κ3) is 3.30. The van der Waals surface area contributed by atoms with Gasteiger partial charge in [0.15, 0.2) is 5.78 Å². The summed E-state index contributed by atoms with van der Waals surface area (Å²) in [5.74, 6) is 0.747. The maximum Gasteiger partial charge on any atom is 0.163 e. The van der Waals surface area contributed by atoms with E-state index < -0.39 is 0 Å². The van der Waals surface area contributed by atoms with Crippen LogP contribution in [0.3, 0.4) is 0 Å². The summed E-state index contributed by atoms with van der Waals surface area (Å²) >= 11 is 1.68. The second-order valence-electron chi connectivity index (χ2n) is 4.83. The molecule has 2 aromatic rings. The van der Waals surface area contributed by atoms with Crippen LogP contribution >= 0.6 is 11.3 Å². The molecule has 0 bridgehead atoms. The van der Waals surface area contributed by atoms with Crippen LogP contribution in [-0.4, -0.2) is 5.78 Å². The zero-order valence-corrected chi connectivity index (χ0v) is 11.7. The highest BCUT2D eigenvalue weighted by Crippen LogP contribution is 2.16. The number of hydrogen-bond donors (Lipinski definition) is 0. The second-order valence-corrected chi connectivity index (χ2v) is 5.61. The van der Waals surface area contributed by atoms with Gasteiger partial charge in [-0.25, -0.2) is 0 Å². The minimum atomic E-state index is 0.233. The molecule has 1 nitrogen and oxygen atoms in total. The zero-order chi connectivity index (χ0) is 13.0. The van der Waals surface area contributed by atoms with Gasteiger partial charge in [-0.05, 0) is 40.3 Å². The highest BCUT2D eigenvalue weighted by molar-refractivity contribution is 7.07. The van der Waals surface area contributed by atoms with Crippen LogP contribution in [-0.2, 0) is 6.42 Å².